The summed E-state index contributed by atoms with van der Waals surface area (Å²) < 4.78 is 1.45. The zero-order valence-electron chi connectivity index (χ0n) is 16.3. The van der Waals surface area contributed by atoms with Crippen molar-refractivity contribution in [3.63, 3.8) is 0 Å². The van der Waals surface area contributed by atoms with Crippen LogP contribution < -0.4 is 5.84 Å². The van der Waals surface area contributed by atoms with Crippen molar-refractivity contribution in [1.29, 1.82) is 0 Å². The largest absolute Gasteiger partial charge is 0.338 e. The van der Waals surface area contributed by atoms with Gasteiger partial charge in [-0.3, -0.25) is 4.79 Å². The van der Waals surface area contributed by atoms with Gasteiger partial charge in [-0.1, -0.05) is 78.0 Å². The van der Waals surface area contributed by atoms with Crippen molar-refractivity contribution in [3.05, 3.63) is 71.8 Å². The summed E-state index contributed by atoms with van der Waals surface area (Å²) in [5.74, 6) is 7.12. The second-order valence-corrected chi connectivity index (χ2v) is 7.96. The second-order valence-electron chi connectivity index (χ2n) is 7.02. The van der Waals surface area contributed by atoms with Crippen molar-refractivity contribution >= 4 is 23.2 Å². The Labute approximate surface area is 174 Å². The molecule has 2 N–H and O–H groups in total. The third-order valence-electron chi connectivity index (χ3n) is 5.01. The molecule has 1 aliphatic rings. The van der Waals surface area contributed by atoms with Crippen LogP contribution in [0.2, 0.25) is 0 Å². The van der Waals surface area contributed by atoms with E-state index in [4.69, 9.17) is 5.84 Å². The molecule has 0 saturated carbocycles. The minimum atomic E-state index is 0.0817. The summed E-state index contributed by atoms with van der Waals surface area (Å²) in [6.07, 6.45) is 3.01. The van der Waals surface area contributed by atoms with Crippen LogP contribution in [0.4, 0.5) is 0 Å². The van der Waals surface area contributed by atoms with Gasteiger partial charge in [-0.15, -0.1) is 10.2 Å². The lowest BCUT2D eigenvalue weighted by atomic mass is 10.00. The number of carbonyl (C=O) groups is 1. The first-order valence-corrected chi connectivity index (χ1v) is 10.5. The monoisotopic (exact) mass is 405 g/mol. The number of benzene rings is 2. The minimum absolute atomic E-state index is 0.0817. The lowest BCUT2D eigenvalue weighted by Gasteiger charge is -2.26. The van der Waals surface area contributed by atoms with Crippen LogP contribution in [0.3, 0.4) is 0 Å². The van der Waals surface area contributed by atoms with Crippen molar-refractivity contribution in [2.45, 2.75) is 18.5 Å². The van der Waals surface area contributed by atoms with Crippen molar-refractivity contribution < 1.29 is 4.79 Å². The van der Waals surface area contributed by atoms with E-state index >= 15 is 0 Å². The highest BCUT2D eigenvalue weighted by molar-refractivity contribution is 7.99. The van der Waals surface area contributed by atoms with Crippen LogP contribution in [0, 0.1) is 6.92 Å². The molecule has 0 spiro atoms. The first-order valence-electron chi connectivity index (χ1n) is 9.54. The molecule has 7 heteroatoms. The van der Waals surface area contributed by atoms with Gasteiger partial charge in [-0.2, -0.15) is 0 Å². The summed E-state index contributed by atoms with van der Waals surface area (Å²) in [7, 11) is 0. The Morgan fingerprint density at radius 3 is 2.52 bits per heavy atom. The number of amides is 1. The average molecular weight is 406 g/mol. The number of rotatable bonds is 5. The molecular formula is C22H23N5OS. The van der Waals surface area contributed by atoms with Gasteiger partial charge in [0.05, 0.1) is 5.75 Å². The Morgan fingerprint density at radius 2 is 1.83 bits per heavy atom. The van der Waals surface area contributed by atoms with E-state index < -0.39 is 0 Å². The molecule has 4 rings (SSSR count). The molecule has 0 radical (unpaired) electrons. The zero-order chi connectivity index (χ0) is 20.2. The number of hydrogen-bond acceptors (Lipinski definition) is 5. The van der Waals surface area contributed by atoms with Crippen LogP contribution in [0.1, 0.15) is 17.5 Å². The molecule has 0 bridgehead atoms. The normalized spacial score (nSPS) is 14.0. The molecule has 0 atom stereocenters. The number of nitrogens with two attached hydrogens (primary N) is 1. The summed E-state index contributed by atoms with van der Waals surface area (Å²) in [6.45, 7) is 3.39. The molecule has 1 aromatic heterocycles. The summed E-state index contributed by atoms with van der Waals surface area (Å²) >= 11 is 1.32. The van der Waals surface area contributed by atoms with E-state index in [0.717, 1.165) is 18.5 Å². The first kappa shape index (κ1) is 19.3. The quantitative estimate of drug-likeness (QED) is 0.520. The fraction of sp³-hybridized carbons (Fsp3) is 0.227. The third-order valence-corrected chi connectivity index (χ3v) is 5.93. The van der Waals surface area contributed by atoms with E-state index in [1.165, 1.54) is 33.1 Å². The lowest BCUT2D eigenvalue weighted by Crippen LogP contribution is -2.36. The molecule has 6 nitrogen and oxygen atoms in total. The molecule has 29 heavy (non-hydrogen) atoms. The van der Waals surface area contributed by atoms with E-state index in [0.29, 0.717) is 17.5 Å². The Balaban J connectivity index is 1.36. The number of thioether (sulfide) groups is 1. The van der Waals surface area contributed by atoms with E-state index in [1.54, 1.807) is 0 Å². The van der Waals surface area contributed by atoms with Crippen LogP contribution in [-0.4, -0.2) is 44.5 Å². The van der Waals surface area contributed by atoms with Crippen LogP contribution in [0.25, 0.3) is 17.0 Å². The van der Waals surface area contributed by atoms with Gasteiger partial charge < -0.3 is 10.7 Å². The standard InChI is InChI=1S/C22H23N5OS/c1-16-7-9-19(10-8-16)21-24-25-22(27(21)23)29-15-20(28)26-13-11-18(12-14-26)17-5-3-2-4-6-17/h2-11H,12-15,23H2,1H3. The van der Waals surface area contributed by atoms with Gasteiger partial charge in [-0.05, 0) is 24.5 Å². The lowest BCUT2D eigenvalue weighted by molar-refractivity contribution is -0.127. The fourth-order valence-electron chi connectivity index (χ4n) is 3.30. The predicted molar refractivity (Wildman–Crippen MR) is 117 cm³/mol. The Kier molecular flexibility index (Phi) is 5.67. The fourth-order valence-corrected chi connectivity index (χ4v) is 4.06. The van der Waals surface area contributed by atoms with Gasteiger partial charge in [0.1, 0.15) is 0 Å². The van der Waals surface area contributed by atoms with E-state index in [2.05, 4.69) is 28.4 Å². The van der Waals surface area contributed by atoms with Crippen molar-refractivity contribution in [2.24, 2.45) is 0 Å². The molecule has 2 aromatic carbocycles. The molecule has 0 saturated heterocycles. The number of hydrogen-bond donors (Lipinski definition) is 1. The first-order chi connectivity index (χ1) is 14.1. The molecule has 0 fully saturated rings. The van der Waals surface area contributed by atoms with Crippen LogP contribution in [0.15, 0.2) is 65.8 Å². The van der Waals surface area contributed by atoms with Gasteiger partial charge >= 0.3 is 0 Å². The van der Waals surface area contributed by atoms with Crippen LogP contribution in [0.5, 0.6) is 0 Å². The molecule has 0 unspecified atom stereocenters. The maximum atomic E-state index is 12.6. The van der Waals surface area contributed by atoms with Gasteiger partial charge in [0.15, 0.2) is 5.82 Å². The maximum absolute atomic E-state index is 12.6. The Bertz CT molecular complexity index is 1030. The third kappa shape index (κ3) is 4.35. The SMILES string of the molecule is Cc1ccc(-c2nnc(SCC(=O)N3CC=C(c4ccccc4)CC3)n2N)cc1. The summed E-state index contributed by atoms with van der Waals surface area (Å²) in [5.41, 5.74) is 4.60. The Morgan fingerprint density at radius 1 is 1.07 bits per heavy atom. The predicted octanol–water partition coefficient (Wildman–Crippen LogP) is 3.38. The molecular weight excluding hydrogens is 382 g/mol. The van der Waals surface area contributed by atoms with Gasteiger partial charge in [0.2, 0.25) is 11.1 Å². The Hall–Kier alpha value is -3.06. The molecule has 1 amide bonds. The van der Waals surface area contributed by atoms with E-state index in [9.17, 15) is 4.79 Å². The molecule has 3 aromatic rings. The van der Waals surface area contributed by atoms with Crippen LogP contribution >= 0.6 is 11.8 Å². The zero-order valence-corrected chi connectivity index (χ0v) is 17.1. The number of nitrogens with zero attached hydrogens (tertiary/aromatic N) is 4. The smallest absolute Gasteiger partial charge is 0.233 e. The molecule has 2 heterocycles. The molecule has 0 aliphatic carbocycles. The number of carbonyl (C=O) groups excluding carboxylic acids is 1. The van der Waals surface area contributed by atoms with Crippen molar-refractivity contribution in [2.75, 3.05) is 24.7 Å². The second kappa shape index (κ2) is 8.53. The van der Waals surface area contributed by atoms with Crippen molar-refractivity contribution in [1.82, 2.24) is 19.8 Å². The topological polar surface area (TPSA) is 77.0 Å². The molecule has 1 aliphatic heterocycles. The van der Waals surface area contributed by atoms with Gasteiger partial charge in [-0.25, -0.2) is 4.68 Å². The molecule has 148 valence electrons. The number of aromatic nitrogens is 3. The summed E-state index contributed by atoms with van der Waals surface area (Å²) in [6, 6.07) is 18.3. The highest BCUT2D eigenvalue weighted by Gasteiger charge is 2.20. The van der Waals surface area contributed by atoms with Gasteiger partial charge in [0, 0.05) is 18.7 Å². The summed E-state index contributed by atoms with van der Waals surface area (Å²) in [4.78, 5) is 14.5. The summed E-state index contributed by atoms with van der Waals surface area (Å²) in [5, 5.41) is 8.87. The maximum Gasteiger partial charge on any atom is 0.233 e. The van der Waals surface area contributed by atoms with E-state index in [-0.39, 0.29) is 11.7 Å². The average Bonchev–Trinajstić information content (AvgIpc) is 3.13. The minimum Gasteiger partial charge on any atom is -0.338 e. The highest BCUT2D eigenvalue weighted by atomic mass is 32.2. The van der Waals surface area contributed by atoms with Gasteiger partial charge in [0.25, 0.3) is 0 Å². The van der Waals surface area contributed by atoms with Crippen LogP contribution in [-0.2, 0) is 4.79 Å². The van der Waals surface area contributed by atoms with E-state index in [1.807, 2.05) is 54.3 Å². The van der Waals surface area contributed by atoms with Crippen molar-refractivity contribution in [3.8, 4) is 11.4 Å². The number of nitrogen functional groups attached to an aromatic ring is 1. The highest BCUT2D eigenvalue weighted by Crippen LogP contribution is 2.24. The number of aryl methyl sites for hydroxylation is 1.